The molecule has 0 spiro atoms. The summed E-state index contributed by atoms with van der Waals surface area (Å²) in [5, 5.41) is 10.0. The quantitative estimate of drug-likeness (QED) is 0.566. The standard InChI is InChI=1S/C13H19BrN2O3S/c14-10-8-9(6-7-11(10)15)20(18,19)16-12-4-2-1-3-5-13(12)17/h6-8,12-13,16-17H,1-5,15H2. The Bertz CT molecular complexity index is 577. The van der Waals surface area contributed by atoms with Crippen molar-refractivity contribution in [1.29, 1.82) is 0 Å². The van der Waals surface area contributed by atoms with E-state index < -0.39 is 22.2 Å². The number of nitrogen functional groups attached to an aromatic ring is 1. The highest BCUT2D eigenvalue weighted by Gasteiger charge is 2.27. The monoisotopic (exact) mass is 362 g/mol. The topological polar surface area (TPSA) is 92.4 Å². The molecule has 1 fully saturated rings. The SMILES string of the molecule is Nc1ccc(S(=O)(=O)NC2CCCCCC2O)cc1Br. The number of aliphatic hydroxyl groups excluding tert-OH is 1. The van der Waals surface area contributed by atoms with Gasteiger partial charge in [0.05, 0.1) is 11.0 Å². The van der Waals surface area contributed by atoms with Gasteiger partial charge in [-0.3, -0.25) is 0 Å². The fourth-order valence-electron chi connectivity index (χ4n) is 2.37. The summed E-state index contributed by atoms with van der Waals surface area (Å²) in [4.78, 5) is 0.148. The highest BCUT2D eigenvalue weighted by atomic mass is 79.9. The lowest BCUT2D eigenvalue weighted by Gasteiger charge is -2.21. The van der Waals surface area contributed by atoms with Gasteiger partial charge in [0.2, 0.25) is 10.0 Å². The fourth-order valence-corrected chi connectivity index (χ4v) is 4.23. The molecule has 0 saturated heterocycles. The van der Waals surface area contributed by atoms with Crippen LogP contribution in [0.1, 0.15) is 32.1 Å². The zero-order chi connectivity index (χ0) is 14.8. The fraction of sp³-hybridized carbons (Fsp3) is 0.538. The van der Waals surface area contributed by atoms with Crippen LogP contribution in [0.5, 0.6) is 0 Å². The van der Waals surface area contributed by atoms with Gasteiger partial charge in [0.15, 0.2) is 0 Å². The summed E-state index contributed by atoms with van der Waals surface area (Å²) in [6.45, 7) is 0. The Kier molecular flexibility index (Phi) is 5.06. The van der Waals surface area contributed by atoms with Gasteiger partial charge in [-0.15, -0.1) is 0 Å². The Morgan fingerprint density at radius 3 is 2.65 bits per heavy atom. The van der Waals surface area contributed by atoms with E-state index in [1.165, 1.54) is 12.1 Å². The molecule has 1 aromatic rings. The second-order valence-electron chi connectivity index (χ2n) is 5.12. The van der Waals surface area contributed by atoms with Crippen molar-refractivity contribution in [3.63, 3.8) is 0 Å². The second-order valence-corrected chi connectivity index (χ2v) is 7.68. The van der Waals surface area contributed by atoms with E-state index in [-0.39, 0.29) is 4.90 Å². The lowest BCUT2D eigenvalue weighted by molar-refractivity contribution is 0.130. The third kappa shape index (κ3) is 3.72. The van der Waals surface area contributed by atoms with Gasteiger partial charge < -0.3 is 10.8 Å². The van der Waals surface area contributed by atoms with Gasteiger partial charge in [-0.05, 0) is 47.0 Å². The summed E-state index contributed by atoms with van der Waals surface area (Å²) < 4.78 is 27.8. The van der Waals surface area contributed by atoms with Gasteiger partial charge in [-0.25, -0.2) is 13.1 Å². The maximum Gasteiger partial charge on any atom is 0.240 e. The number of anilines is 1. The molecule has 112 valence electrons. The number of aliphatic hydroxyl groups is 1. The van der Waals surface area contributed by atoms with Crippen molar-refractivity contribution >= 4 is 31.6 Å². The number of nitrogens with two attached hydrogens (primary N) is 1. The Labute approximate surface area is 127 Å². The average Bonchev–Trinajstić information content (AvgIpc) is 2.58. The molecule has 0 bridgehead atoms. The molecule has 2 atom stereocenters. The number of hydrogen-bond acceptors (Lipinski definition) is 4. The molecule has 20 heavy (non-hydrogen) atoms. The zero-order valence-electron chi connectivity index (χ0n) is 11.0. The first-order chi connectivity index (χ1) is 9.40. The lowest BCUT2D eigenvalue weighted by atomic mass is 10.1. The molecule has 0 amide bonds. The number of sulfonamides is 1. The first kappa shape index (κ1) is 15.8. The van der Waals surface area contributed by atoms with Gasteiger partial charge in [0, 0.05) is 16.2 Å². The molecule has 2 unspecified atom stereocenters. The van der Waals surface area contributed by atoms with Gasteiger partial charge >= 0.3 is 0 Å². The normalized spacial score (nSPS) is 24.3. The van der Waals surface area contributed by atoms with E-state index in [4.69, 9.17) is 5.73 Å². The number of benzene rings is 1. The third-order valence-corrected chi connectivity index (χ3v) is 5.74. The Morgan fingerprint density at radius 1 is 1.25 bits per heavy atom. The molecule has 1 aromatic carbocycles. The van der Waals surface area contributed by atoms with Crippen molar-refractivity contribution in [1.82, 2.24) is 4.72 Å². The van der Waals surface area contributed by atoms with Crippen molar-refractivity contribution in [2.24, 2.45) is 0 Å². The Hall–Kier alpha value is -0.630. The zero-order valence-corrected chi connectivity index (χ0v) is 13.5. The highest BCUT2D eigenvalue weighted by molar-refractivity contribution is 9.10. The average molecular weight is 363 g/mol. The molecule has 0 aromatic heterocycles. The summed E-state index contributed by atoms with van der Waals surface area (Å²) in [5.41, 5.74) is 6.14. The number of nitrogens with one attached hydrogen (secondary N) is 1. The van der Waals surface area contributed by atoms with Crippen LogP contribution in [0.25, 0.3) is 0 Å². The molecule has 5 nitrogen and oxygen atoms in total. The molecule has 2 rings (SSSR count). The minimum Gasteiger partial charge on any atom is -0.398 e. The van der Waals surface area contributed by atoms with Crippen LogP contribution >= 0.6 is 15.9 Å². The smallest absolute Gasteiger partial charge is 0.240 e. The van der Waals surface area contributed by atoms with Crippen molar-refractivity contribution in [2.45, 2.75) is 49.1 Å². The molecular formula is C13H19BrN2O3S. The maximum absolute atomic E-state index is 12.3. The molecule has 0 radical (unpaired) electrons. The highest BCUT2D eigenvalue weighted by Crippen LogP contribution is 2.24. The molecule has 0 aliphatic heterocycles. The van der Waals surface area contributed by atoms with Crippen LogP contribution in [-0.2, 0) is 10.0 Å². The third-order valence-electron chi connectivity index (χ3n) is 3.57. The molecule has 7 heteroatoms. The predicted molar refractivity (Wildman–Crippen MR) is 81.8 cm³/mol. The molecule has 1 saturated carbocycles. The van der Waals surface area contributed by atoms with E-state index >= 15 is 0 Å². The number of hydrogen-bond donors (Lipinski definition) is 3. The van der Waals surface area contributed by atoms with E-state index in [0.29, 0.717) is 23.0 Å². The van der Waals surface area contributed by atoms with E-state index in [1.54, 1.807) is 6.07 Å². The van der Waals surface area contributed by atoms with Crippen molar-refractivity contribution in [2.75, 3.05) is 5.73 Å². The van der Waals surface area contributed by atoms with Gasteiger partial charge in [-0.2, -0.15) is 0 Å². The summed E-state index contributed by atoms with van der Waals surface area (Å²) in [6.07, 6.45) is 3.57. The minimum atomic E-state index is -3.64. The van der Waals surface area contributed by atoms with E-state index in [9.17, 15) is 13.5 Å². The van der Waals surface area contributed by atoms with Crippen LogP contribution in [-0.4, -0.2) is 25.7 Å². The number of halogens is 1. The maximum atomic E-state index is 12.3. The number of rotatable bonds is 3. The molecular weight excluding hydrogens is 344 g/mol. The van der Waals surface area contributed by atoms with Crippen molar-refractivity contribution < 1.29 is 13.5 Å². The van der Waals surface area contributed by atoms with Crippen LogP contribution in [0.4, 0.5) is 5.69 Å². The van der Waals surface area contributed by atoms with Crippen molar-refractivity contribution in [3.8, 4) is 0 Å². The molecule has 1 aliphatic carbocycles. The summed E-state index contributed by atoms with van der Waals surface area (Å²) in [5.74, 6) is 0. The first-order valence-electron chi connectivity index (χ1n) is 6.65. The van der Waals surface area contributed by atoms with Crippen LogP contribution in [0.3, 0.4) is 0 Å². The second kappa shape index (κ2) is 6.43. The van der Waals surface area contributed by atoms with Gasteiger partial charge in [0.25, 0.3) is 0 Å². The van der Waals surface area contributed by atoms with Crippen LogP contribution in [0.15, 0.2) is 27.6 Å². The van der Waals surface area contributed by atoms with E-state index in [0.717, 1.165) is 19.3 Å². The van der Waals surface area contributed by atoms with E-state index in [1.807, 2.05) is 0 Å². The predicted octanol–water partition coefficient (Wildman–Crippen LogP) is 2.00. The summed E-state index contributed by atoms with van der Waals surface area (Å²) in [7, 11) is -3.64. The summed E-state index contributed by atoms with van der Waals surface area (Å²) >= 11 is 3.22. The van der Waals surface area contributed by atoms with Gasteiger partial charge in [0.1, 0.15) is 0 Å². The van der Waals surface area contributed by atoms with E-state index in [2.05, 4.69) is 20.7 Å². The first-order valence-corrected chi connectivity index (χ1v) is 8.93. The van der Waals surface area contributed by atoms with Crippen molar-refractivity contribution in [3.05, 3.63) is 22.7 Å². The largest absolute Gasteiger partial charge is 0.398 e. The minimum absolute atomic E-state index is 0.148. The molecule has 1 aliphatic rings. The van der Waals surface area contributed by atoms with Crippen LogP contribution in [0.2, 0.25) is 0 Å². The molecule has 0 heterocycles. The molecule has 4 N–H and O–H groups in total. The van der Waals surface area contributed by atoms with Crippen LogP contribution in [0, 0.1) is 0 Å². The Balaban J connectivity index is 2.19. The van der Waals surface area contributed by atoms with Gasteiger partial charge in [-0.1, -0.05) is 19.3 Å². The Morgan fingerprint density at radius 2 is 1.95 bits per heavy atom. The lowest BCUT2D eigenvalue weighted by Crippen LogP contribution is -2.42. The summed E-state index contributed by atoms with van der Waals surface area (Å²) in [6, 6.07) is 4.06. The van der Waals surface area contributed by atoms with Crippen LogP contribution < -0.4 is 10.5 Å².